The van der Waals surface area contributed by atoms with E-state index in [1.807, 2.05) is 0 Å². The number of rotatable bonds is 22. The molecule has 0 bridgehead atoms. The Morgan fingerprint density at radius 3 is 1.65 bits per heavy atom. The van der Waals surface area contributed by atoms with Crippen molar-refractivity contribution in [1.29, 1.82) is 0 Å². The van der Waals surface area contributed by atoms with E-state index < -0.39 is 0 Å². The second-order valence-corrected chi connectivity index (χ2v) is 10.1. The van der Waals surface area contributed by atoms with Crippen molar-refractivity contribution >= 4 is 0 Å². The van der Waals surface area contributed by atoms with Gasteiger partial charge in [0, 0.05) is 0 Å². The van der Waals surface area contributed by atoms with E-state index in [-0.39, 0.29) is 0 Å². The summed E-state index contributed by atoms with van der Waals surface area (Å²) in [5.41, 5.74) is 0. The molecule has 1 rings (SSSR count). The molecular weight excluding hydrogens is 376 g/mol. The van der Waals surface area contributed by atoms with Crippen molar-refractivity contribution in [1.82, 2.24) is 4.98 Å². The van der Waals surface area contributed by atoms with E-state index in [4.69, 9.17) is 0 Å². The Hall–Kier alpha value is -0.790. The Morgan fingerprint density at radius 2 is 1.10 bits per heavy atom. The Balaban J connectivity index is 2.24. The van der Waals surface area contributed by atoms with Crippen LogP contribution in [0.5, 0.6) is 0 Å². The van der Waals surface area contributed by atoms with E-state index >= 15 is 0 Å². The molecule has 0 aliphatic carbocycles. The van der Waals surface area contributed by atoms with Crippen molar-refractivity contribution in [3.63, 3.8) is 0 Å². The highest BCUT2D eigenvalue weighted by molar-refractivity contribution is 4.90. The third kappa shape index (κ3) is 13.4. The number of hydrogen-bond acceptors (Lipinski definition) is 0. The quantitative estimate of drug-likeness (QED) is 0.139. The molecule has 2 heteroatoms. The zero-order valence-corrected chi connectivity index (χ0v) is 21.9. The van der Waals surface area contributed by atoms with Crippen LogP contribution in [-0.4, -0.2) is 4.98 Å². The average molecular weight is 434 g/mol. The number of nitrogens with zero attached hydrogens (tertiary/aromatic N) is 1. The predicted octanol–water partition coefficient (Wildman–Crippen LogP) is 9.81. The molecule has 2 unspecified atom stereocenters. The van der Waals surface area contributed by atoms with Gasteiger partial charge in [-0.3, -0.25) is 0 Å². The lowest BCUT2D eigenvalue weighted by Gasteiger charge is -2.16. The molecule has 1 aromatic heterocycles. The van der Waals surface area contributed by atoms with Gasteiger partial charge in [0.05, 0.1) is 12.0 Å². The van der Waals surface area contributed by atoms with Gasteiger partial charge < -0.3 is 0 Å². The highest BCUT2D eigenvalue weighted by atomic mass is 15.1. The summed E-state index contributed by atoms with van der Waals surface area (Å²) >= 11 is 0. The third-order valence-electron chi connectivity index (χ3n) is 7.12. The molecule has 0 radical (unpaired) electrons. The summed E-state index contributed by atoms with van der Waals surface area (Å²) in [4.78, 5) is 3.63. The zero-order chi connectivity index (χ0) is 22.6. The van der Waals surface area contributed by atoms with Crippen molar-refractivity contribution < 1.29 is 4.57 Å². The van der Waals surface area contributed by atoms with Crippen molar-refractivity contribution in [3.05, 3.63) is 18.2 Å². The van der Waals surface area contributed by atoms with Gasteiger partial charge in [0.15, 0.2) is 0 Å². The molecule has 2 nitrogen and oxygen atoms in total. The normalized spacial score (nSPS) is 13.5. The lowest BCUT2D eigenvalue weighted by atomic mass is 9.94. The standard InChI is InChI=1S/C29H56N2/c1-5-8-10-12-13-14-15-16-17-18-19-21-24-28(22-7-3)29-30-25-26-31(29)27(4)23-20-11-9-6-2/h25-28H,5-24H2,1-4H3/p+1. The van der Waals surface area contributed by atoms with Crippen molar-refractivity contribution in [3.8, 4) is 0 Å². The predicted molar refractivity (Wildman–Crippen MR) is 138 cm³/mol. The van der Waals surface area contributed by atoms with Crippen LogP contribution in [0, 0.1) is 0 Å². The molecule has 0 spiro atoms. The molecule has 182 valence electrons. The van der Waals surface area contributed by atoms with Crippen molar-refractivity contribution in [2.45, 2.75) is 168 Å². The summed E-state index contributed by atoms with van der Waals surface area (Å²) in [6, 6.07) is 0.624. The number of H-pyrrole nitrogens is 1. The maximum absolute atomic E-state index is 3.63. The van der Waals surface area contributed by atoms with Gasteiger partial charge >= 0.3 is 0 Å². The van der Waals surface area contributed by atoms with E-state index in [0.29, 0.717) is 12.0 Å². The third-order valence-corrected chi connectivity index (χ3v) is 7.12. The molecule has 0 aliphatic rings. The largest absolute Gasteiger partial charge is 0.257 e. The van der Waals surface area contributed by atoms with Gasteiger partial charge in [-0.05, 0) is 32.6 Å². The van der Waals surface area contributed by atoms with Gasteiger partial charge in [-0.1, -0.05) is 124 Å². The van der Waals surface area contributed by atoms with E-state index in [2.05, 4.69) is 49.6 Å². The number of nitrogens with one attached hydrogen (secondary N) is 1. The smallest absolute Gasteiger partial charge is 0.247 e. The summed E-state index contributed by atoms with van der Waals surface area (Å²) in [6.45, 7) is 9.36. The number of aromatic nitrogens is 2. The summed E-state index contributed by atoms with van der Waals surface area (Å²) in [6.07, 6.45) is 32.5. The lowest BCUT2D eigenvalue weighted by Crippen LogP contribution is -2.41. The molecule has 0 aromatic carbocycles. The Morgan fingerprint density at radius 1 is 0.613 bits per heavy atom. The van der Waals surface area contributed by atoms with Gasteiger partial charge in [0.1, 0.15) is 12.4 Å². The Bertz CT molecular complexity index is 493. The first-order valence-corrected chi connectivity index (χ1v) is 14.3. The molecule has 2 atom stereocenters. The van der Waals surface area contributed by atoms with E-state index in [1.54, 1.807) is 0 Å². The molecule has 0 saturated carbocycles. The summed E-state index contributed by atoms with van der Waals surface area (Å²) in [7, 11) is 0. The number of unbranched alkanes of at least 4 members (excludes halogenated alkanes) is 14. The van der Waals surface area contributed by atoms with Crippen LogP contribution >= 0.6 is 0 Å². The van der Waals surface area contributed by atoms with Gasteiger partial charge in [0.25, 0.3) is 5.82 Å². The van der Waals surface area contributed by atoms with Crippen LogP contribution in [0.4, 0.5) is 0 Å². The Kier molecular flexibility index (Phi) is 18.1. The second kappa shape index (κ2) is 19.9. The fourth-order valence-electron chi connectivity index (χ4n) is 5.07. The van der Waals surface area contributed by atoms with Gasteiger partial charge in [-0.15, -0.1) is 0 Å². The first kappa shape index (κ1) is 28.2. The number of imidazole rings is 1. The molecule has 1 N–H and O–H groups in total. The minimum atomic E-state index is 0.624. The van der Waals surface area contributed by atoms with Crippen LogP contribution in [0.1, 0.15) is 174 Å². The fourth-order valence-corrected chi connectivity index (χ4v) is 5.07. The molecule has 1 heterocycles. The van der Waals surface area contributed by atoms with E-state index in [0.717, 1.165) is 0 Å². The summed E-state index contributed by atoms with van der Waals surface area (Å²) in [5, 5.41) is 0. The first-order chi connectivity index (χ1) is 15.2. The lowest BCUT2D eigenvalue weighted by molar-refractivity contribution is -0.727. The molecule has 31 heavy (non-hydrogen) atoms. The number of hydrogen-bond donors (Lipinski definition) is 1. The molecule has 0 fully saturated rings. The molecule has 0 amide bonds. The monoisotopic (exact) mass is 433 g/mol. The zero-order valence-electron chi connectivity index (χ0n) is 21.9. The minimum Gasteiger partial charge on any atom is -0.247 e. The van der Waals surface area contributed by atoms with Crippen LogP contribution in [0.25, 0.3) is 0 Å². The van der Waals surface area contributed by atoms with Crippen LogP contribution in [0.2, 0.25) is 0 Å². The van der Waals surface area contributed by atoms with Crippen LogP contribution < -0.4 is 4.57 Å². The topological polar surface area (TPSA) is 19.7 Å². The van der Waals surface area contributed by atoms with Crippen LogP contribution in [0.3, 0.4) is 0 Å². The van der Waals surface area contributed by atoms with E-state index in [1.165, 1.54) is 134 Å². The van der Waals surface area contributed by atoms with Crippen LogP contribution in [0.15, 0.2) is 12.4 Å². The second-order valence-electron chi connectivity index (χ2n) is 10.1. The highest BCUT2D eigenvalue weighted by Gasteiger charge is 2.24. The maximum Gasteiger partial charge on any atom is 0.257 e. The summed E-state index contributed by atoms with van der Waals surface area (Å²) in [5.74, 6) is 2.20. The van der Waals surface area contributed by atoms with Crippen molar-refractivity contribution in [2.24, 2.45) is 0 Å². The van der Waals surface area contributed by atoms with Crippen molar-refractivity contribution in [2.75, 3.05) is 0 Å². The minimum absolute atomic E-state index is 0.624. The Labute approximate surface area is 196 Å². The van der Waals surface area contributed by atoms with Crippen LogP contribution in [-0.2, 0) is 0 Å². The summed E-state index contributed by atoms with van der Waals surface area (Å²) < 4.78 is 2.56. The molecule has 0 saturated heterocycles. The van der Waals surface area contributed by atoms with E-state index in [9.17, 15) is 0 Å². The molecule has 0 aliphatic heterocycles. The molecular formula is C29H57N2+. The maximum atomic E-state index is 3.63. The van der Waals surface area contributed by atoms with Gasteiger partial charge in [0.2, 0.25) is 0 Å². The molecule has 1 aromatic rings. The highest BCUT2D eigenvalue weighted by Crippen LogP contribution is 2.26. The number of aromatic amines is 1. The first-order valence-electron chi connectivity index (χ1n) is 14.3. The fraction of sp³-hybridized carbons (Fsp3) is 0.897. The van der Waals surface area contributed by atoms with Gasteiger partial charge in [-0.2, -0.15) is 0 Å². The average Bonchev–Trinajstić information content (AvgIpc) is 3.26. The van der Waals surface area contributed by atoms with Gasteiger partial charge in [-0.25, -0.2) is 9.55 Å². The SMILES string of the molecule is CCCCCCCCCCCCCCC(CCC)c1[nH]cc[n+]1C(C)CCCCCC.